The van der Waals surface area contributed by atoms with Crippen LogP contribution in [0.2, 0.25) is 0 Å². The van der Waals surface area contributed by atoms with Gasteiger partial charge in [0.25, 0.3) is 5.91 Å². The van der Waals surface area contributed by atoms with Crippen molar-refractivity contribution in [1.82, 2.24) is 20.5 Å². The van der Waals surface area contributed by atoms with E-state index >= 15 is 0 Å². The summed E-state index contributed by atoms with van der Waals surface area (Å²) >= 11 is 0. The van der Waals surface area contributed by atoms with Crippen molar-refractivity contribution in [3.63, 3.8) is 0 Å². The molecule has 3 aromatic rings. The van der Waals surface area contributed by atoms with Crippen LogP contribution >= 0.6 is 0 Å². The first-order chi connectivity index (χ1) is 16.7. The maximum Gasteiger partial charge on any atom is 0.257 e. The van der Waals surface area contributed by atoms with Crippen molar-refractivity contribution in [2.45, 2.75) is 20.0 Å². The Morgan fingerprint density at radius 3 is 2.56 bits per heavy atom. The SMILES string of the molecule is CCOc1cccc2c(=O)c(C(=O)NCc3ccc(CNCCN4CCOCC4)cc3)c[nH]c12. The number of rotatable bonds is 10. The Morgan fingerprint density at radius 1 is 1.09 bits per heavy atom. The lowest BCUT2D eigenvalue weighted by Gasteiger charge is -2.26. The van der Waals surface area contributed by atoms with Crippen LogP contribution < -0.4 is 20.8 Å². The molecule has 1 aliphatic rings. The Kier molecular flexibility index (Phi) is 8.30. The van der Waals surface area contributed by atoms with E-state index in [4.69, 9.17) is 9.47 Å². The fourth-order valence-corrected chi connectivity index (χ4v) is 4.02. The highest BCUT2D eigenvalue weighted by atomic mass is 16.5. The predicted molar refractivity (Wildman–Crippen MR) is 132 cm³/mol. The first-order valence-corrected chi connectivity index (χ1v) is 11.8. The summed E-state index contributed by atoms with van der Waals surface area (Å²) in [4.78, 5) is 31.0. The molecule has 0 bridgehead atoms. The summed E-state index contributed by atoms with van der Waals surface area (Å²) in [5.41, 5.74) is 2.53. The molecule has 8 heteroatoms. The normalized spacial score (nSPS) is 14.3. The monoisotopic (exact) mass is 464 g/mol. The molecule has 180 valence electrons. The number of aromatic nitrogens is 1. The van der Waals surface area contributed by atoms with E-state index in [9.17, 15) is 9.59 Å². The zero-order chi connectivity index (χ0) is 23.8. The lowest BCUT2D eigenvalue weighted by atomic mass is 10.1. The highest BCUT2D eigenvalue weighted by molar-refractivity contribution is 5.97. The molecule has 1 aliphatic heterocycles. The van der Waals surface area contributed by atoms with Gasteiger partial charge < -0.3 is 25.1 Å². The van der Waals surface area contributed by atoms with Gasteiger partial charge in [0.2, 0.25) is 5.43 Å². The van der Waals surface area contributed by atoms with Crippen LogP contribution in [0, 0.1) is 0 Å². The third kappa shape index (κ3) is 6.02. The van der Waals surface area contributed by atoms with Gasteiger partial charge in [-0.1, -0.05) is 30.3 Å². The molecule has 0 saturated carbocycles. The molecular weight excluding hydrogens is 432 g/mol. The molecule has 0 spiro atoms. The number of morpholine rings is 1. The van der Waals surface area contributed by atoms with E-state index in [-0.39, 0.29) is 11.0 Å². The number of pyridine rings is 1. The zero-order valence-corrected chi connectivity index (χ0v) is 19.6. The van der Waals surface area contributed by atoms with Crippen molar-refractivity contribution < 1.29 is 14.3 Å². The Hall–Kier alpha value is -3.20. The molecular formula is C26H32N4O4. The Bertz CT molecular complexity index is 1150. The average Bonchev–Trinajstić information content (AvgIpc) is 2.87. The lowest BCUT2D eigenvalue weighted by molar-refractivity contribution is 0.0384. The van der Waals surface area contributed by atoms with Gasteiger partial charge in [-0.2, -0.15) is 0 Å². The number of benzene rings is 2. The number of hydrogen-bond donors (Lipinski definition) is 3. The summed E-state index contributed by atoms with van der Waals surface area (Å²) in [6.45, 7) is 9.13. The molecule has 0 unspecified atom stereocenters. The molecule has 4 rings (SSSR count). The number of H-pyrrole nitrogens is 1. The van der Waals surface area contributed by atoms with Crippen molar-refractivity contribution >= 4 is 16.8 Å². The second kappa shape index (κ2) is 11.8. The number of para-hydroxylation sites is 1. The standard InChI is InChI=1S/C26H32N4O4/c1-2-34-23-5-3-4-21-24(23)28-18-22(25(21)31)26(32)29-17-20-8-6-19(7-9-20)16-27-10-11-30-12-14-33-15-13-30/h3-9,18,27H,2,10-17H2,1H3,(H,28,31)(H,29,32). The Balaban J connectivity index is 1.28. The van der Waals surface area contributed by atoms with Crippen LogP contribution in [0.15, 0.2) is 53.5 Å². The van der Waals surface area contributed by atoms with Crippen molar-refractivity contribution in [2.75, 3.05) is 46.0 Å². The Morgan fingerprint density at radius 2 is 1.82 bits per heavy atom. The van der Waals surface area contributed by atoms with E-state index in [1.54, 1.807) is 18.2 Å². The Labute approximate surface area is 199 Å². The van der Waals surface area contributed by atoms with E-state index in [0.717, 1.165) is 51.5 Å². The number of nitrogens with zero attached hydrogens (tertiary/aromatic N) is 1. The predicted octanol–water partition coefficient (Wildman–Crippen LogP) is 2.28. The van der Waals surface area contributed by atoms with Crippen molar-refractivity contribution in [1.29, 1.82) is 0 Å². The van der Waals surface area contributed by atoms with Gasteiger partial charge in [0.1, 0.15) is 11.3 Å². The highest BCUT2D eigenvalue weighted by Crippen LogP contribution is 2.21. The van der Waals surface area contributed by atoms with Crippen molar-refractivity contribution in [3.8, 4) is 5.75 Å². The van der Waals surface area contributed by atoms with Gasteiger partial charge in [-0.15, -0.1) is 0 Å². The second-order valence-electron chi connectivity index (χ2n) is 8.27. The summed E-state index contributed by atoms with van der Waals surface area (Å²) in [5.74, 6) is 0.193. The largest absolute Gasteiger partial charge is 0.492 e. The summed E-state index contributed by atoms with van der Waals surface area (Å²) in [6.07, 6.45) is 1.45. The summed E-state index contributed by atoms with van der Waals surface area (Å²) in [5, 5.41) is 6.75. The molecule has 1 amide bonds. The number of carbonyl (C=O) groups is 1. The third-order valence-electron chi connectivity index (χ3n) is 5.93. The van der Waals surface area contributed by atoms with Crippen LogP contribution in [-0.4, -0.2) is 61.8 Å². The summed E-state index contributed by atoms with van der Waals surface area (Å²) in [7, 11) is 0. The van der Waals surface area contributed by atoms with Gasteiger partial charge in [-0.25, -0.2) is 0 Å². The topological polar surface area (TPSA) is 95.7 Å². The first-order valence-electron chi connectivity index (χ1n) is 11.8. The number of nitrogens with one attached hydrogen (secondary N) is 3. The van der Waals surface area contributed by atoms with Gasteiger partial charge in [0.05, 0.1) is 30.7 Å². The maximum atomic E-state index is 12.9. The second-order valence-corrected chi connectivity index (χ2v) is 8.27. The van der Waals surface area contributed by atoms with Gasteiger partial charge in [-0.05, 0) is 30.2 Å². The quantitative estimate of drug-likeness (QED) is 0.399. The van der Waals surface area contributed by atoms with Gasteiger partial charge in [0, 0.05) is 45.5 Å². The number of aromatic amines is 1. The smallest absolute Gasteiger partial charge is 0.257 e. The van der Waals surface area contributed by atoms with Crippen LogP contribution in [0.1, 0.15) is 28.4 Å². The third-order valence-corrected chi connectivity index (χ3v) is 5.93. The number of fused-ring (bicyclic) bond motifs is 1. The van der Waals surface area contributed by atoms with Crippen LogP contribution in [0.3, 0.4) is 0 Å². The number of amides is 1. The minimum absolute atomic E-state index is 0.0854. The van der Waals surface area contributed by atoms with Gasteiger partial charge >= 0.3 is 0 Å². The van der Waals surface area contributed by atoms with E-state index in [1.807, 2.05) is 19.1 Å². The van der Waals surface area contributed by atoms with Crippen LogP contribution in [-0.2, 0) is 17.8 Å². The number of carbonyl (C=O) groups excluding carboxylic acids is 1. The minimum atomic E-state index is -0.404. The van der Waals surface area contributed by atoms with E-state index in [2.05, 4.69) is 32.7 Å². The van der Waals surface area contributed by atoms with E-state index in [1.165, 1.54) is 11.8 Å². The molecule has 2 heterocycles. The minimum Gasteiger partial charge on any atom is -0.492 e. The fraction of sp³-hybridized carbons (Fsp3) is 0.385. The number of ether oxygens (including phenoxy) is 2. The molecule has 0 aliphatic carbocycles. The van der Waals surface area contributed by atoms with Crippen molar-refractivity contribution in [2.24, 2.45) is 0 Å². The lowest BCUT2D eigenvalue weighted by Crippen LogP contribution is -2.40. The average molecular weight is 465 g/mol. The van der Waals surface area contributed by atoms with Crippen LogP contribution in [0.4, 0.5) is 0 Å². The molecule has 0 radical (unpaired) electrons. The maximum absolute atomic E-state index is 12.9. The zero-order valence-electron chi connectivity index (χ0n) is 19.6. The molecule has 8 nitrogen and oxygen atoms in total. The van der Waals surface area contributed by atoms with Crippen LogP contribution in [0.5, 0.6) is 5.75 Å². The van der Waals surface area contributed by atoms with Gasteiger partial charge in [-0.3, -0.25) is 14.5 Å². The van der Waals surface area contributed by atoms with Crippen LogP contribution in [0.25, 0.3) is 10.9 Å². The van der Waals surface area contributed by atoms with E-state index in [0.29, 0.717) is 29.8 Å². The number of hydrogen-bond acceptors (Lipinski definition) is 6. The fourth-order valence-electron chi connectivity index (χ4n) is 4.02. The molecule has 1 saturated heterocycles. The van der Waals surface area contributed by atoms with E-state index < -0.39 is 5.91 Å². The first kappa shape index (κ1) is 23.9. The van der Waals surface area contributed by atoms with Gasteiger partial charge in [0.15, 0.2) is 0 Å². The highest BCUT2D eigenvalue weighted by Gasteiger charge is 2.15. The molecule has 34 heavy (non-hydrogen) atoms. The molecule has 1 fully saturated rings. The summed E-state index contributed by atoms with van der Waals surface area (Å²) in [6, 6.07) is 13.4. The molecule has 2 aromatic carbocycles. The molecule has 0 atom stereocenters. The molecule has 1 aromatic heterocycles. The summed E-state index contributed by atoms with van der Waals surface area (Å²) < 4.78 is 10.9. The van der Waals surface area contributed by atoms with Crippen molar-refractivity contribution in [3.05, 3.63) is 75.6 Å². The molecule has 3 N–H and O–H groups in total.